The molecular weight excluding hydrogens is 352 g/mol. The molecule has 1 aromatic heterocycles. The van der Waals surface area contributed by atoms with Gasteiger partial charge < -0.3 is 10.6 Å². The maximum absolute atomic E-state index is 12.2. The smallest absolute Gasteiger partial charge is 0.191 e. The normalized spacial score (nSPS) is 18.7. The second-order valence-corrected chi connectivity index (χ2v) is 10.9. The third kappa shape index (κ3) is 4.96. The predicted octanol–water partition coefficient (Wildman–Crippen LogP) is 1.09. The molecule has 0 spiro atoms. The van der Waals surface area contributed by atoms with Crippen LogP contribution in [0.25, 0.3) is 0 Å². The largest absolute Gasteiger partial charge is 0.355 e. The standard InChI is InChI=1S/C17H32N6O2S/c1-12(2)15-21-14-8-7-13(11-23(14)22-15)20-16(18-6)19-9-10-26(24,25)17(3,4)5/h12-13H,7-11H2,1-6H3,(H2,18,19,20). The van der Waals surface area contributed by atoms with Crippen molar-refractivity contribution in [2.45, 2.75) is 70.7 Å². The zero-order valence-electron chi connectivity index (χ0n) is 16.7. The number of hydrogen-bond acceptors (Lipinski definition) is 5. The lowest BCUT2D eigenvalue weighted by Crippen LogP contribution is -2.48. The number of nitrogens with zero attached hydrogens (tertiary/aromatic N) is 4. The number of nitrogens with one attached hydrogen (secondary N) is 2. The molecule has 1 unspecified atom stereocenters. The van der Waals surface area contributed by atoms with Crippen LogP contribution < -0.4 is 10.6 Å². The van der Waals surface area contributed by atoms with E-state index >= 15 is 0 Å². The van der Waals surface area contributed by atoms with Crippen LogP contribution in [0.15, 0.2) is 4.99 Å². The van der Waals surface area contributed by atoms with Crippen molar-refractivity contribution in [3.05, 3.63) is 11.6 Å². The number of sulfone groups is 1. The summed E-state index contributed by atoms with van der Waals surface area (Å²) >= 11 is 0. The zero-order chi connectivity index (χ0) is 19.5. The molecule has 2 heterocycles. The van der Waals surface area contributed by atoms with Gasteiger partial charge in [0.1, 0.15) is 5.82 Å². The summed E-state index contributed by atoms with van der Waals surface area (Å²) in [6.07, 6.45) is 1.81. The van der Waals surface area contributed by atoms with E-state index in [2.05, 4.69) is 39.6 Å². The van der Waals surface area contributed by atoms with Crippen LogP contribution in [-0.2, 0) is 22.8 Å². The fraction of sp³-hybridized carbons (Fsp3) is 0.824. The van der Waals surface area contributed by atoms with E-state index in [0.717, 1.165) is 31.0 Å². The van der Waals surface area contributed by atoms with Gasteiger partial charge in [0, 0.05) is 32.0 Å². The van der Waals surface area contributed by atoms with Crippen LogP contribution >= 0.6 is 0 Å². The molecule has 0 aliphatic carbocycles. The Morgan fingerprint density at radius 1 is 1.38 bits per heavy atom. The first-order valence-corrected chi connectivity index (χ1v) is 10.8. The van der Waals surface area contributed by atoms with Crippen molar-refractivity contribution in [3.63, 3.8) is 0 Å². The van der Waals surface area contributed by atoms with Crippen molar-refractivity contribution in [1.82, 2.24) is 25.4 Å². The second-order valence-electron chi connectivity index (χ2n) is 8.03. The first-order chi connectivity index (χ1) is 12.0. The summed E-state index contributed by atoms with van der Waals surface area (Å²) in [5, 5.41) is 11.1. The fourth-order valence-electron chi connectivity index (χ4n) is 2.69. The number of aryl methyl sites for hydroxylation is 1. The molecule has 0 saturated heterocycles. The quantitative estimate of drug-likeness (QED) is 0.582. The second kappa shape index (κ2) is 7.94. The van der Waals surface area contributed by atoms with E-state index in [1.54, 1.807) is 27.8 Å². The van der Waals surface area contributed by atoms with Gasteiger partial charge in [-0.3, -0.25) is 4.99 Å². The van der Waals surface area contributed by atoms with Crippen molar-refractivity contribution >= 4 is 15.8 Å². The van der Waals surface area contributed by atoms with Crippen molar-refractivity contribution in [1.29, 1.82) is 0 Å². The van der Waals surface area contributed by atoms with Crippen LogP contribution in [0.5, 0.6) is 0 Å². The maximum Gasteiger partial charge on any atom is 0.191 e. The summed E-state index contributed by atoms with van der Waals surface area (Å²) in [6, 6.07) is 0.189. The minimum atomic E-state index is -3.15. The van der Waals surface area contributed by atoms with Gasteiger partial charge in [0.05, 0.1) is 17.0 Å². The van der Waals surface area contributed by atoms with Gasteiger partial charge in [-0.2, -0.15) is 5.10 Å². The average molecular weight is 385 g/mol. The fourth-order valence-corrected chi connectivity index (χ4v) is 3.67. The van der Waals surface area contributed by atoms with Gasteiger partial charge in [0.25, 0.3) is 0 Å². The van der Waals surface area contributed by atoms with Gasteiger partial charge in [-0.15, -0.1) is 0 Å². The third-order valence-electron chi connectivity index (χ3n) is 4.55. The van der Waals surface area contributed by atoms with E-state index < -0.39 is 14.6 Å². The zero-order valence-corrected chi connectivity index (χ0v) is 17.5. The highest BCUT2D eigenvalue weighted by Gasteiger charge is 2.28. The molecule has 9 heteroatoms. The van der Waals surface area contributed by atoms with Crippen LogP contribution in [0.2, 0.25) is 0 Å². The molecule has 0 amide bonds. The Balaban J connectivity index is 1.89. The van der Waals surface area contributed by atoms with Crippen LogP contribution in [0.3, 0.4) is 0 Å². The van der Waals surface area contributed by atoms with Crippen molar-refractivity contribution in [2.75, 3.05) is 19.3 Å². The van der Waals surface area contributed by atoms with Gasteiger partial charge >= 0.3 is 0 Å². The Kier molecular flexibility index (Phi) is 6.31. The minimum absolute atomic E-state index is 0.0762. The molecule has 0 saturated carbocycles. The lowest BCUT2D eigenvalue weighted by molar-refractivity contribution is 0.392. The van der Waals surface area contributed by atoms with Gasteiger partial charge in [0.15, 0.2) is 21.6 Å². The lowest BCUT2D eigenvalue weighted by Gasteiger charge is -2.25. The SMILES string of the molecule is CN=C(NCCS(=O)(=O)C(C)(C)C)NC1CCc2nc(C(C)C)nn2C1. The van der Waals surface area contributed by atoms with E-state index in [4.69, 9.17) is 0 Å². The molecule has 1 aliphatic rings. The molecule has 0 radical (unpaired) electrons. The summed E-state index contributed by atoms with van der Waals surface area (Å²) in [6.45, 7) is 10.4. The Bertz CT molecular complexity index is 746. The molecule has 26 heavy (non-hydrogen) atoms. The molecular formula is C17H32N6O2S. The van der Waals surface area contributed by atoms with E-state index in [1.165, 1.54) is 0 Å². The van der Waals surface area contributed by atoms with Gasteiger partial charge in [0.2, 0.25) is 0 Å². The van der Waals surface area contributed by atoms with Crippen LogP contribution in [-0.4, -0.2) is 59.3 Å². The molecule has 148 valence electrons. The van der Waals surface area contributed by atoms with E-state index in [1.807, 2.05) is 4.68 Å². The van der Waals surface area contributed by atoms with Gasteiger partial charge in [-0.05, 0) is 27.2 Å². The molecule has 1 aliphatic heterocycles. The van der Waals surface area contributed by atoms with Crippen molar-refractivity contribution in [3.8, 4) is 0 Å². The number of fused-ring (bicyclic) bond motifs is 1. The number of aromatic nitrogens is 3. The van der Waals surface area contributed by atoms with E-state index in [0.29, 0.717) is 18.4 Å². The highest BCUT2D eigenvalue weighted by molar-refractivity contribution is 7.92. The Morgan fingerprint density at radius 3 is 2.65 bits per heavy atom. The minimum Gasteiger partial charge on any atom is -0.355 e. The van der Waals surface area contributed by atoms with E-state index in [-0.39, 0.29) is 11.8 Å². The molecule has 0 bridgehead atoms. The summed E-state index contributed by atoms with van der Waals surface area (Å²) in [5.74, 6) is 2.93. The molecule has 1 aromatic rings. The van der Waals surface area contributed by atoms with Crippen LogP contribution in [0, 0.1) is 0 Å². The Labute approximate surface area is 156 Å². The van der Waals surface area contributed by atoms with Crippen molar-refractivity contribution in [2.24, 2.45) is 4.99 Å². The molecule has 2 N–H and O–H groups in total. The molecule has 8 nitrogen and oxygen atoms in total. The maximum atomic E-state index is 12.2. The van der Waals surface area contributed by atoms with Crippen LogP contribution in [0.4, 0.5) is 0 Å². The summed E-state index contributed by atoms with van der Waals surface area (Å²) in [4.78, 5) is 8.80. The Morgan fingerprint density at radius 2 is 2.08 bits per heavy atom. The lowest BCUT2D eigenvalue weighted by atomic mass is 10.1. The summed E-state index contributed by atoms with van der Waals surface area (Å²) < 4.78 is 25.6. The highest BCUT2D eigenvalue weighted by atomic mass is 32.2. The van der Waals surface area contributed by atoms with E-state index in [9.17, 15) is 8.42 Å². The molecule has 2 rings (SSSR count). The number of guanidine groups is 1. The molecule has 1 atom stereocenters. The summed E-state index contributed by atoms with van der Waals surface area (Å²) in [5.41, 5.74) is 0. The van der Waals surface area contributed by atoms with Crippen molar-refractivity contribution < 1.29 is 8.42 Å². The van der Waals surface area contributed by atoms with Crippen LogP contribution in [0.1, 0.15) is 58.6 Å². The predicted molar refractivity (Wildman–Crippen MR) is 104 cm³/mol. The molecule has 0 aromatic carbocycles. The Hall–Kier alpha value is -1.64. The number of rotatable bonds is 5. The number of hydrogen-bond donors (Lipinski definition) is 2. The van der Waals surface area contributed by atoms with Gasteiger partial charge in [-0.25, -0.2) is 18.1 Å². The monoisotopic (exact) mass is 384 g/mol. The highest BCUT2D eigenvalue weighted by Crippen LogP contribution is 2.17. The average Bonchev–Trinajstić information content (AvgIpc) is 2.96. The molecule has 0 fully saturated rings. The third-order valence-corrected chi connectivity index (χ3v) is 7.16. The van der Waals surface area contributed by atoms with Gasteiger partial charge in [-0.1, -0.05) is 13.8 Å². The topological polar surface area (TPSA) is 101 Å². The first kappa shape index (κ1) is 20.7. The first-order valence-electron chi connectivity index (χ1n) is 9.16. The number of aliphatic imine (C=N–C) groups is 1. The summed E-state index contributed by atoms with van der Waals surface area (Å²) in [7, 11) is -1.46.